The maximum absolute atomic E-state index is 12.5. The van der Waals surface area contributed by atoms with Crippen LogP contribution in [0.1, 0.15) is 17.5 Å². The number of hydrogen-bond donors (Lipinski definition) is 2. The Morgan fingerprint density at radius 3 is 2.50 bits per heavy atom. The summed E-state index contributed by atoms with van der Waals surface area (Å²) in [5.74, 6) is -1.13. The van der Waals surface area contributed by atoms with Gasteiger partial charge in [0.05, 0.1) is 5.56 Å². The third-order valence-corrected chi connectivity index (χ3v) is 2.05. The third-order valence-electron chi connectivity index (χ3n) is 2.05. The Hall–Kier alpha value is -1.72. The highest BCUT2D eigenvalue weighted by Gasteiger charge is 2.33. The smallest absolute Gasteiger partial charge is 0.416 e. The maximum atomic E-state index is 12.5. The molecular weight excluding hydrogens is 223 g/mol. The Morgan fingerprint density at radius 1 is 1.38 bits per heavy atom. The van der Waals surface area contributed by atoms with Gasteiger partial charge in [-0.2, -0.15) is 13.2 Å². The maximum Gasteiger partial charge on any atom is 0.416 e. The first-order valence-corrected chi connectivity index (χ1v) is 4.48. The van der Waals surface area contributed by atoms with E-state index in [-0.39, 0.29) is 24.1 Å². The van der Waals surface area contributed by atoms with Gasteiger partial charge in [-0.25, -0.2) is 0 Å². The van der Waals surface area contributed by atoms with E-state index >= 15 is 0 Å². The number of nitrogen functional groups attached to an aromatic ring is 1. The molecule has 0 atom stereocenters. The van der Waals surface area contributed by atoms with Crippen LogP contribution in [0.5, 0.6) is 0 Å². The zero-order valence-electron chi connectivity index (χ0n) is 8.21. The SMILES string of the molecule is Nc1ccc(CCC(=O)O)c(C(F)(F)F)c1. The molecule has 0 bridgehead atoms. The third kappa shape index (κ3) is 3.15. The van der Waals surface area contributed by atoms with Crippen molar-refractivity contribution in [1.29, 1.82) is 0 Å². The van der Waals surface area contributed by atoms with Gasteiger partial charge in [-0.3, -0.25) is 4.79 Å². The molecule has 0 aliphatic rings. The summed E-state index contributed by atoms with van der Waals surface area (Å²) >= 11 is 0. The molecule has 88 valence electrons. The summed E-state index contributed by atoms with van der Waals surface area (Å²) in [7, 11) is 0. The largest absolute Gasteiger partial charge is 0.481 e. The standard InChI is InChI=1S/C10H10F3NO2/c11-10(12,13)8-5-7(14)3-1-6(8)2-4-9(15)16/h1,3,5H,2,4,14H2,(H,15,16). The van der Waals surface area contributed by atoms with Gasteiger partial charge in [0, 0.05) is 12.1 Å². The lowest BCUT2D eigenvalue weighted by Gasteiger charge is -2.12. The van der Waals surface area contributed by atoms with Crippen molar-refractivity contribution in [3.05, 3.63) is 29.3 Å². The second-order valence-corrected chi connectivity index (χ2v) is 3.31. The van der Waals surface area contributed by atoms with Crippen molar-refractivity contribution in [2.75, 3.05) is 5.73 Å². The van der Waals surface area contributed by atoms with Crippen LogP contribution in [0, 0.1) is 0 Å². The van der Waals surface area contributed by atoms with Crippen LogP contribution in [0.3, 0.4) is 0 Å². The summed E-state index contributed by atoms with van der Waals surface area (Å²) in [6.07, 6.45) is -5.01. The van der Waals surface area contributed by atoms with Crippen LogP contribution in [0.25, 0.3) is 0 Å². The van der Waals surface area contributed by atoms with Crippen LogP contribution in [0.2, 0.25) is 0 Å². The fraction of sp³-hybridized carbons (Fsp3) is 0.300. The van der Waals surface area contributed by atoms with E-state index in [0.717, 1.165) is 6.07 Å². The molecule has 6 heteroatoms. The fourth-order valence-electron chi connectivity index (χ4n) is 1.32. The van der Waals surface area contributed by atoms with Gasteiger partial charge in [0.1, 0.15) is 0 Å². The van der Waals surface area contributed by atoms with E-state index in [2.05, 4.69) is 0 Å². The van der Waals surface area contributed by atoms with Crippen molar-refractivity contribution in [2.24, 2.45) is 0 Å². The number of anilines is 1. The monoisotopic (exact) mass is 233 g/mol. The Morgan fingerprint density at radius 2 is 2.00 bits per heavy atom. The van der Waals surface area contributed by atoms with Crippen LogP contribution in [0.4, 0.5) is 18.9 Å². The van der Waals surface area contributed by atoms with Crippen molar-refractivity contribution in [2.45, 2.75) is 19.0 Å². The first kappa shape index (κ1) is 12.4. The fourth-order valence-corrected chi connectivity index (χ4v) is 1.32. The molecule has 0 amide bonds. The molecule has 0 aromatic heterocycles. The van der Waals surface area contributed by atoms with Gasteiger partial charge < -0.3 is 10.8 Å². The van der Waals surface area contributed by atoms with Gasteiger partial charge in [-0.05, 0) is 24.1 Å². The predicted molar refractivity (Wildman–Crippen MR) is 51.8 cm³/mol. The van der Waals surface area contributed by atoms with E-state index in [1.54, 1.807) is 0 Å². The van der Waals surface area contributed by atoms with Gasteiger partial charge in [0.25, 0.3) is 0 Å². The number of rotatable bonds is 3. The van der Waals surface area contributed by atoms with Crippen molar-refractivity contribution in [3.63, 3.8) is 0 Å². The molecule has 0 fully saturated rings. The molecule has 0 heterocycles. The minimum absolute atomic E-state index is 0.00593. The number of hydrogen-bond acceptors (Lipinski definition) is 2. The van der Waals surface area contributed by atoms with Crippen LogP contribution in [-0.2, 0) is 17.4 Å². The molecule has 3 nitrogen and oxygen atoms in total. The highest BCUT2D eigenvalue weighted by atomic mass is 19.4. The van der Waals surface area contributed by atoms with Crippen molar-refractivity contribution < 1.29 is 23.1 Å². The van der Waals surface area contributed by atoms with Gasteiger partial charge in [0.2, 0.25) is 0 Å². The molecule has 0 aliphatic heterocycles. The summed E-state index contributed by atoms with van der Waals surface area (Å²) in [4.78, 5) is 10.3. The first-order chi connectivity index (χ1) is 7.30. The van der Waals surface area contributed by atoms with Crippen LogP contribution in [-0.4, -0.2) is 11.1 Å². The Bertz CT molecular complexity index is 402. The van der Waals surface area contributed by atoms with E-state index in [4.69, 9.17) is 10.8 Å². The minimum atomic E-state index is -4.51. The number of alkyl halides is 3. The summed E-state index contributed by atoms with van der Waals surface area (Å²) in [5, 5.41) is 8.42. The normalized spacial score (nSPS) is 11.4. The number of nitrogens with two attached hydrogens (primary N) is 1. The predicted octanol–water partition coefficient (Wildman–Crippen LogP) is 2.30. The van der Waals surface area contributed by atoms with E-state index in [0.29, 0.717) is 0 Å². The second kappa shape index (κ2) is 4.42. The van der Waals surface area contributed by atoms with Gasteiger partial charge >= 0.3 is 12.1 Å². The number of carboxylic acid groups (broad SMARTS) is 1. The van der Waals surface area contributed by atoms with E-state index < -0.39 is 17.7 Å². The molecule has 0 aliphatic carbocycles. The minimum Gasteiger partial charge on any atom is -0.481 e. The van der Waals surface area contributed by atoms with Crippen molar-refractivity contribution in [3.8, 4) is 0 Å². The topological polar surface area (TPSA) is 63.3 Å². The number of halogens is 3. The van der Waals surface area contributed by atoms with Gasteiger partial charge in [-0.15, -0.1) is 0 Å². The first-order valence-electron chi connectivity index (χ1n) is 4.48. The highest BCUT2D eigenvalue weighted by molar-refractivity contribution is 5.67. The molecule has 1 aromatic carbocycles. The molecule has 0 saturated carbocycles. The molecule has 1 rings (SSSR count). The quantitative estimate of drug-likeness (QED) is 0.787. The molecule has 0 saturated heterocycles. The summed E-state index contributed by atoms with van der Waals surface area (Å²) in [6, 6.07) is 3.35. The average molecular weight is 233 g/mol. The van der Waals surface area contributed by atoms with Crippen molar-refractivity contribution >= 4 is 11.7 Å². The number of aliphatic carboxylic acids is 1. The van der Waals surface area contributed by atoms with Gasteiger partial charge in [0.15, 0.2) is 0 Å². The Labute approximate surface area is 89.7 Å². The summed E-state index contributed by atoms with van der Waals surface area (Å²) < 4.78 is 37.6. The van der Waals surface area contributed by atoms with Gasteiger partial charge in [-0.1, -0.05) is 6.07 Å². The van der Waals surface area contributed by atoms with Crippen LogP contribution >= 0.6 is 0 Å². The molecule has 0 unspecified atom stereocenters. The van der Waals surface area contributed by atoms with Crippen LogP contribution in [0.15, 0.2) is 18.2 Å². The summed E-state index contributed by atoms with van der Waals surface area (Å²) in [5.41, 5.74) is 4.35. The zero-order chi connectivity index (χ0) is 12.3. The second-order valence-electron chi connectivity index (χ2n) is 3.31. The molecule has 3 N–H and O–H groups in total. The number of aryl methyl sites for hydroxylation is 1. The van der Waals surface area contributed by atoms with E-state index in [9.17, 15) is 18.0 Å². The zero-order valence-corrected chi connectivity index (χ0v) is 8.21. The number of benzene rings is 1. The molecule has 0 radical (unpaired) electrons. The van der Waals surface area contributed by atoms with Crippen LogP contribution < -0.4 is 5.73 Å². The van der Waals surface area contributed by atoms with Crippen molar-refractivity contribution in [1.82, 2.24) is 0 Å². The molecule has 16 heavy (non-hydrogen) atoms. The van der Waals surface area contributed by atoms with E-state index in [1.807, 2.05) is 0 Å². The molecule has 0 spiro atoms. The molecular formula is C10H10F3NO2. The Balaban J connectivity index is 3.03. The number of carboxylic acids is 1. The highest BCUT2D eigenvalue weighted by Crippen LogP contribution is 2.33. The molecule has 1 aromatic rings. The lowest BCUT2D eigenvalue weighted by atomic mass is 10.0. The van der Waals surface area contributed by atoms with E-state index in [1.165, 1.54) is 12.1 Å². The lowest BCUT2D eigenvalue weighted by Crippen LogP contribution is -2.11. The number of carbonyl (C=O) groups is 1. The average Bonchev–Trinajstić information content (AvgIpc) is 2.14. The lowest BCUT2D eigenvalue weighted by molar-refractivity contribution is -0.140. The summed E-state index contributed by atoms with van der Waals surface area (Å²) in [6.45, 7) is 0. The Kier molecular flexibility index (Phi) is 3.41.